The van der Waals surface area contributed by atoms with Gasteiger partial charge in [0.2, 0.25) is 0 Å². The molecule has 166 valence electrons. The molecular weight excluding hydrogens is 420 g/mol. The number of nitrogens with zero attached hydrogens (tertiary/aromatic N) is 4. The maximum absolute atomic E-state index is 10.00. The fraction of sp³-hybridized carbons (Fsp3) is 0.200. The number of thioether (sulfide) groups is 1. The van der Waals surface area contributed by atoms with E-state index in [0.717, 1.165) is 33.9 Å². The Kier molecular flexibility index (Phi) is 7.43. The zero-order chi connectivity index (χ0) is 23.3. The number of anilines is 2. The topological polar surface area (TPSA) is 72.7 Å². The van der Waals surface area contributed by atoms with Gasteiger partial charge in [0, 0.05) is 28.2 Å². The lowest BCUT2D eigenvalue weighted by molar-refractivity contribution is 0.475. The van der Waals surface area contributed by atoms with Crippen LogP contribution in [0.15, 0.2) is 47.6 Å². The van der Waals surface area contributed by atoms with Crippen LogP contribution in [0.5, 0.6) is 11.5 Å². The lowest BCUT2D eigenvalue weighted by Crippen LogP contribution is -2.08. The molecule has 0 saturated heterocycles. The van der Waals surface area contributed by atoms with Crippen LogP contribution < -0.4 is 9.80 Å². The highest BCUT2D eigenvalue weighted by atomic mass is 32.2. The zero-order valence-electron chi connectivity index (χ0n) is 18.9. The van der Waals surface area contributed by atoms with Gasteiger partial charge < -0.3 is 20.0 Å². The van der Waals surface area contributed by atoms with Crippen LogP contribution in [0.25, 0.3) is 24.3 Å². The minimum atomic E-state index is 0.248. The quantitative estimate of drug-likeness (QED) is 0.386. The summed E-state index contributed by atoms with van der Waals surface area (Å²) in [7, 11) is 7.58. The van der Waals surface area contributed by atoms with E-state index in [9.17, 15) is 10.2 Å². The van der Waals surface area contributed by atoms with Crippen molar-refractivity contribution < 1.29 is 10.2 Å². The van der Waals surface area contributed by atoms with E-state index in [1.807, 2.05) is 98.9 Å². The highest BCUT2D eigenvalue weighted by Gasteiger charge is 2.05. The average Bonchev–Trinajstić information content (AvgIpc) is 2.77. The van der Waals surface area contributed by atoms with Gasteiger partial charge in [-0.2, -0.15) is 0 Å². The molecule has 0 fully saturated rings. The smallest absolute Gasteiger partial charge is 0.188 e. The highest BCUT2D eigenvalue weighted by Crippen LogP contribution is 2.28. The number of rotatable bonds is 7. The summed E-state index contributed by atoms with van der Waals surface area (Å²) in [5.74, 6) is 0.496. The second kappa shape index (κ2) is 10.2. The summed E-state index contributed by atoms with van der Waals surface area (Å²) in [6.07, 6.45) is 9.76. The van der Waals surface area contributed by atoms with E-state index in [-0.39, 0.29) is 11.5 Å². The van der Waals surface area contributed by atoms with Gasteiger partial charge in [-0.15, -0.1) is 0 Å². The van der Waals surface area contributed by atoms with Crippen molar-refractivity contribution in [3.63, 3.8) is 0 Å². The van der Waals surface area contributed by atoms with Crippen LogP contribution in [0, 0.1) is 0 Å². The van der Waals surface area contributed by atoms with Crippen LogP contribution in [0.2, 0.25) is 0 Å². The van der Waals surface area contributed by atoms with Crippen molar-refractivity contribution in [1.29, 1.82) is 0 Å². The van der Waals surface area contributed by atoms with Crippen LogP contribution >= 0.6 is 11.8 Å². The Morgan fingerprint density at radius 2 is 1.12 bits per heavy atom. The maximum atomic E-state index is 10.00. The third kappa shape index (κ3) is 5.82. The SMILES string of the molecule is CSc1nc(C=Cc2ccc(O)c(N(C)C)c2)cc(C=Cc2ccc(O)c(N(C)C)c2)n1. The minimum Gasteiger partial charge on any atom is -0.506 e. The largest absolute Gasteiger partial charge is 0.506 e. The number of phenolic OH excluding ortho intramolecular Hbond substituents is 2. The summed E-state index contributed by atoms with van der Waals surface area (Å²) in [5.41, 5.74) is 5.04. The lowest BCUT2D eigenvalue weighted by Gasteiger charge is -2.14. The molecule has 0 amide bonds. The van der Waals surface area contributed by atoms with Gasteiger partial charge in [0.15, 0.2) is 5.16 Å². The summed E-state index contributed by atoms with van der Waals surface area (Å²) in [6, 6.07) is 12.9. The van der Waals surface area contributed by atoms with Gasteiger partial charge in [-0.25, -0.2) is 9.97 Å². The van der Waals surface area contributed by atoms with Gasteiger partial charge in [-0.05, 0) is 59.9 Å². The molecule has 0 aliphatic rings. The highest BCUT2D eigenvalue weighted by molar-refractivity contribution is 7.98. The van der Waals surface area contributed by atoms with Crippen LogP contribution in [-0.4, -0.2) is 54.6 Å². The van der Waals surface area contributed by atoms with Gasteiger partial charge >= 0.3 is 0 Å². The third-order valence-corrected chi connectivity index (χ3v) is 5.33. The first-order valence-corrected chi connectivity index (χ1v) is 11.3. The lowest BCUT2D eigenvalue weighted by atomic mass is 10.1. The first-order valence-electron chi connectivity index (χ1n) is 10.1. The maximum Gasteiger partial charge on any atom is 0.188 e. The molecule has 0 unspecified atom stereocenters. The summed E-state index contributed by atoms with van der Waals surface area (Å²) in [4.78, 5) is 12.9. The number of aromatic nitrogens is 2. The molecule has 32 heavy (non-hydrogen) atoms. The third-order valence-electron chi connectivity index (χ3n) is 4.78. The van der Waals surface area contributed by atoms with E-state index >= 15 is 0 Å². The predicted octanol–water partition coefficient (Wildman–Crippen LogP) is 5.08. The fourth-order valence-corrected chi connectivity index (χ4v) is 3.49. The van der Waals surface area contributed by atoms with E-state index in [4.69, 9.17) is 0 Å². The summed E-state index contributed by atoms with van der Waals surface area (Å²) in [6.45, 7) is 0. The Hall–Kier alpha value is -3.45. The molecule has 2 N–H and O–H groups in total. The number of benzene rings is 2. The molecule has 1 aromatic heterocycles. The van der Waals surface area contributed by atoms with Crippen LogP contribution in [0.1, 0.15) is 22.5 Å². The fourth-order valence-electron chi connectivity index (χ4n) is 3.09. The van der Waals surface area contributed by atoms with Crippen LogP contribution in [0.3, 0.4) is 0 Å². The number of hydrogen-bond donors (Lipinski definition) is 2. The van der Waals surface area contributed by atoms with E-state index in [1.54, 1.807) is 12.1 Å². The molecule has 0 radical (unpaired) electrons. The van der Waals surface area contributed by atoms with E-state index in [2.05, 4.69) is 9.97 Å². The molecule has 7 heteroatoms. The van der Waals surface area contributed by atoms with Gasteiger partial charge in [0.25, 0.3) is 0 Å². The van der Waals surface area contributed by atoms with Crippen molar-refractivity contribution in [3.05, 3.63) is 65.0 Å². The Labute approximate surface area is 193 Å². The first-order chi connectivity index (χ1) is 15.3. The Balaban J connectivity index is 1.88. The average molecular weight is 449 g/mol. The molecule has 0 bridgehead atoms. The second-order valence-electron chi connectivity index (χ2n) is 7.66. The molecule has 1 heterocycles. The van der Waals surface area contributed by atoms with Crippen molar-refractivity contribution in [2.75, 3.05) is 44.2 Å². The molecule has 0 saturated carbocycles. The van der Waals surface area contributed by atoms with Gasteiger partial charge in [-0.3, -0.25) is 0 Å². The second-order valence-corrected chi connectivity index (χ2v) is 8.43. The zero-order valence-corrected chi connectivity index (χ0v) is 19.8. The van der Waals surface area contributed by atoms with Crippen molar-refractivity contribution in [1.82, 2.24) is 9.97 Å². The van der Waals surface area contributed by atoms with Crippen molar-refractivity contribution in [3.8, 4) is 11.5 Å². The molecule has 6 nitrogen and oxygen atoms in total. The number of hydrogen-bond acceptors (Lipinski definition) is 7. The van der Waals surface area contributed by atoms with Gasteiger partial charge in [-0.1, -0.05) is 36.0 Å². The Bertz CT molecular complexity index is 1070. The molecule has 2 aromatic carbocycles. The van der Waals surface area contributed by atoms with E-state index in [0.29, 0.717) is 5.16 Å². The monoisotopic (exact) mass is 448 g/mol. The van der Waals surface area contributed by atoms with Crippen molar-refractivity contribution in [2.45, 2.75) is 5.16 Å². The van der Waals surface area contributed by atoms with Gasteiger partial charge in [0.1, 0.15) is 11.5 Å². The van der Waals surface area contributed by atoms with Crippen molar-refractivity contribution >= 4 is 47.4 Å². The molecule has 3 rings (SSSR count). The van der Waals surface area contributed by atoms with E-state index in [1.165, 1.54) is 11.8 Å². The Morgan fingerprint density at radius 3 is 1.50 bits per heavy atom. The first kappa shape index (κ1) is 23.2. The van der Waals surface area contributed by atoms with Crippen molar-refractivity contribution in [2.24, 2.45) is 0 Å². The number of phenols is 2. The molecule has 0 aliphatic carbocycles. The molecule has 0 aliphatic heterocycles. The van der Waals surface area contributed by atoms with Crippen LogP contribution in [0.4, 0.5) is 11.4 Å². The predicted molar refractivity (Wildman–Crippen MR) is 137 cm³/mol. The van der Waals surface area contributed by atoms with Gasteiger partial charge in [0.05, 0.1) is 22.8 Å². The Morgan fingerprint density at radius 1 is 0.688 bits per heavy atom. The summed E-state index contributed by atoms with van der Waals surface area (Å²) >= 11 is 1.49. The minimum absolute atomic E-state index is 0.248. The van der Waals surface area contributed by atoms with Crippen LogP contribution in [-0.2, 0) is 0 Å². The summed E-state index contributed by atoms with van der Waals surface area (Å²) < 4.78 is 0. The molecular formula is C25H28N4O2S. The molecule has 3 aromatic rings. The molecule has 0 atom stereocenters. The molecule has 0 spiro atoms. The standard InChI is InChI=1S/C25H28N4O2S/c1-28(2)21-14-17(8-12-23(21)30)6-10-19-16-20(27-25(26-19)32-5)11-7-18-9-13-24(31)22(15-18)29(3)4/h6-16,30-31H,1-5H3. The normalized spacial score (nSPS) is 11.4. The van der Waals surface area contributed by atoms with E-state index < -0.39 is 0 Å². The number of aromatic hydroxyl groups is 2. The summed E-state index contributed by atoms with van der Waals surface area (Å²) in [5, 5.41) is 20.7.